The number of thiophene rings is 1. The second-order valence-corrected chi connectivity index (χ2v) is 12.3. The Morgan fingerprint density at radius 2 is 1.75 bits per heavy atom. The predicted octanol–water partition coefficient (Wildman–Crippen LogP) is 5.68. The highest BCUT2D eigenvalue weighted by molar-refractivity contribution is 7.89. The first-order chi connectivity index (χ1) is 19.3. The van der Waals surface area contributed by atoms with Crippen molar-refractivity contribution in [3.8, 4) is 11.5 Å². The molecule has 0 radical (unpaired) electrons. The summed E-state index contributed by atoms with van der Waals surface area (Å²) in [5.74, 6) is 0.969. The maximum Gasteiger partial charge on any atom is 0.244 e. The second kappa shape index (κ2) is 13.1. The van der Waals surface area contributed by atoms with Gasteiger partial charge in [-0.2, -0.15) is 4.31 Å². The van der Waals surface area contributed by atoms with Crippen LogP contribution in [0.2, 0.25) is 0 Å². The van der Waals surface area contributed by atoms with E-state index in [-0.39, 0.29) is 23.9 Å². The highest BCUT2D eigenvalue weighted by Gasteiger charge is 2.29. The average Bonchev–Trinajstić information content (AvgIpc) is 3.38. The van der Waals surface area contributed by atoms with Crippen molar-refractivity contribution >= 4 is 38.0 Å². The molecule has 40 heavy (non-hydrogen) atoms. The predicted molar refractivity (Wildman–Crippen MR) is 161 cm³/mol. The molecule has 0 fully saturated rings. The second-order valence-electron chi connectivity index (χ2n) is 9.34. The van der Waals surface area contributed by atoms with E-state index in [9.17, 15) is 13.2 Å². The molecule has 0 aliphatic carbocycles. The largest absolute Gasteiger partial charge is 0.493 e. The van der Waals surface area contributed by atoms with Crippen LogP contribution >= 0.6 is 11.3 Å². The zero-order chi connectivity index (χ0) is 28.7. The van der Waals surface area contributed by atoms with Crippen LogP contribution in [0.15, 0.2) is 89.7 Å². The van der Waals surface area contributed by atoms with Crippen LogP contribution in [0.1, 0.15) is 16.0 Å². The van der Waals surface area contributed by atoms with Crippen molar-refractivity contribution < 1.29 is 22.7 Å². The number of methoxy groups -OCH3 is 2. The summed E-state index contributed by atoms with van der Waals surface area (Å²) in [5, 5.41) is 3.43. The fourth-order valence-corrected chi connectivity index (χ4v) is 7.03. The van der Waals surface area contributed by atoms with Gasteiger partial charge in [0, 0.05) is 23.4 Å². The molecule has 1 amide bonds. The number of carbonyl (C=O) groups excluding carboxylic acids is 1. The number of fused-ring (bicyclic) bond motifs is 1. The van der Waals surface area contributed by atoms with E-state index in [0.29, 0.717) is 36.4 Å². The molecular weight excluding hydrogens is 544 g/mol. The number of rotatable bonds is 13. The molecule has 0 unspecified atom stereocenters. The topological polar surface area (TPSA) is 76.2 Å². The van der Waals surface area contributed by atoms with Gasteiger partial charge in [0.2, 0.25) is 15.9 Å². The lowest BCUT2D eigenvalue weighted by Crippen LogP contribution is -2.43. The van der Waals surface area contributed by atoms with E-state index >= 15 is 0 Å². The van der Waals surface area contributed by atoms with Gasteiger partial charge in [-0.3, -0.25) is 4.79 Å². The number of benzene rings is 3. The molecule has 4 rings (SSSR count). The molecule has 0 atom stereocenters. The van der Waals surface area contributed by atoms with Gasteiger partial charge in [-0.05, 0) is 59.5 Å². The maximum absolute atomic E-state index is 13.9. The van der Waals surface area contributed by atoms with Gasteiger partial charge in [-0.25, -0.2) is 8.42 Å². The van der Waals surface area contributed by atoms with Gasteiger partial charge >= 0.3 is 0 Å². The molecule has 9 heteroatoms. The van der Waals surface area contributed by atoms with Crippen molar-refractivity contribution in [2.24, 2.45) is 0 Å². The van der Waals surface area contributed by atoms with Gasteiger partial charge in [0.15, 0.2) is 11.5 Å². The summed E-state index contributed by atoms with van der Waals surface area (Å²) in [6.45, 7) is 6.28. The minimum atomic E-state index is -3.99. The highest BCUT2D eigenvalue weighted by Crippen LogP contribution is 2.29. The Morgan fingerprint density at radius 3 is 2.45 bits per heavy atom. The van der Waals surface area contributed by atoms with Gasteiger partial charge in [0.05, 0.1) is 32.2 Å². The Labute approximate surface area is 240 Å². The zero-order valence-corrected chi connectivity index (χ0v) is 24.6. The van der Waals surface area contributed by atoms with Crippen LogP contribution in [-0.2, 0) is 27.8 Å². The molecule has 0 aliphatic rings. The summed E-state index contributed by atoms with van der Waals surface area (Å²) in [5.41, 5.74) is 2.07. The van der Waals surface area contributed by atoms with E-state index in [0.717, 1.165) is 21.4 Å². The van der Waals surface area contributed by atoms with Gasteiger partial charge in [-0.1, -0.05) is 48.5 Å². The standard InChI is InChI=1S/C31H34N2O5S2/c1-5-17-33(40(35,36)30-12-8-10-25-9-6-7-11-26(25)30)22-31(34)32(21-29-23(2)16-19-39-29)18-15-24-13-14-27(37-3)28(20-24)38-4/h5-14,16,19-20H,1,15,17-18,21-22H2,2-4H3. The van der Waals surface area contributed by atoms with E-state index in [1.807, 2.05) is 60.8 Å². The number of sulfonamides is 1. The zero-order valence-electron chi connectivity index (χ0n) is 23.0. The molecule has 0 saturated heterocycles. The molecule has 4 aromatic rings. The third-order valence-corrected chi connectivity index (χ3v) is 9.66. The fraction of sp³-hybridized carbons (Fsp3) is 0.258. The van der Waals surface area contributed by atoms with Gasteiger partial charge < -0.3 is 14.4 Å². The first-order valence-electron chi connectivity index (χ1n) is 12.9. The summed E-state index contributed by atoms with van der Waals surface area (Å²) in [6, 6.07) is 20.2. The van der Waals surface area contributed by atoms with E-state index in [2.05, 4.69) is 6.58 Å². The molecule has 3 aromatic carbocycles. The molecule has 7 nitrogen and oxygen atoms in total. The normalized spacial score (nSPS) is 11.5. The van der Waals surface area contributed by atoms with Crippen LogP contribution in [0.3, 0.4) is 0 Å². The number of hydrogen-bond donors (Lipinski definition) is 0. The van der Waals surface area contributed by atoms with Crippen molar-refractivity contribution in [2.45, 2.75) is 24.8 Å². The van der Waals surface area contributed by atoms with Crippen molar-refractivity contribution in [3.05, 3.63) is 101 Å². The number of aryl methyl sites for hydroxylation is 1. The van der Waals surface area contributed by atoms with Crippen molar-refractivity contribution in [1.29, 1.82) is 0 Å². The molecule has 0 aliphatic heterocycles. The Hall–Kier alpha value is -3.66. The minimum Gasteiger partial charge on any atom is -0.493 e. The summed E-state index contributed by atoms with van der Waals surface area (Å²) < 4.78 is 39.7. The highest BCUT2D eigenvalue weighted by atomic mass is 32.2. The van der Waals surface area contributed by atoms with E-state index in [1.165, 1.54) is 10.4 Å². The molecule has 0 bridgehead atoms. The van der Waals surface area contributed by atoms with E-state index in [1.54, 1.807) is 48.7 Å². The van der Waals surface area contributed by atoms with Crippen molar-refractivity contribution in [3.63, 3.8) is 0 Å². The molecule has 0 spiro atoms. The van der Waals surface area contributed by atoms with Gasteiger partial charge in [-0.15, -0.1) is 17.9 Å². The molecule has 1 heterocycles. The number of amides is 1. The summed E-state index contributed by atoms with van der Waals surface area (Å²) >= 11 is 1.58. The van der Waals surface area contributed by atoms with E-state index in [4.69, 9.17) is 9.47 Å². The molecule has 1 aromatic heterocycles. The summed E-state index contributed by atoms with van der Waals surface area (Å²) in [6.07, 6.45) is 2.07. The molecule has 0 N–H and O–H groups in total. The van der Waals surface area contributed by atoms with Crippen LogP contribution in [-0.4, -0.2) is 57.4 Å². The van der Waals surface area contributed by atoms with Crippen LogP contribution in [0.25, 0.3) is 10.8 Å². The molecule has 0 saturated carbocycles. The van der Waals surface area contributed by atoms with Gasteiger partial charge in [0.1, 0.15) is 0 Å². The van der Waals surface area contributed by atoms with Crippen molar-refractivity contribution in [2.75, 3.05) is 33.9 Å². The molecular formula is C31H34N2O5S2. The smallest absolute Gasteiger partial charge is 0.244 e. The Balaban J connectivity index is 1.61. The van der Waals surface area contributed by atoms with Crippen LogP contribution in [0, 0.1) is 6.92 Å². The third-order valence-electron chi connectivity index (χ3n) is 6.79. The monoisotopic (exact) mass is 578 g/mol. The lowest BCUT2D eigenvalue weighted by Gasteiger charge is -2.27. The SMILES string of the molecule is C=CCN(CC(=O)N(CCc1ccc(OC)c(OC)c1)Cc1sccc1C)S(=O)(=O)c1cccc2ccccc12. The lowest BCUT2D eigenvalue weighted by atomic mass is 10.1. The number of hydrogen-bond acceptors (Lipinski definition) is 6. The fourth-order valence-electron chi connectivity index (χ4n) is 4.53. The quantitative estimate of drug-likeness (QED) is 0.191. The number of carbonyl (C=O) groups is 1. The Kier molecular flexibility index (Phi) is 9.63. The van der Waals surface area contributed by atoms with E-state index < -0.39 is 10.0 Å². The van der Waals surface area contributed by atoms with Crippen LogP contribution in [0.5, 0.6) is 11.5 Å². The lowest BCUT2D eigenvalue weighted by molar-refractivity contribution is -0.131. The molecule has 210 valence electrons. The van der Waals surface area contributed by atoms with Crippen LogP contribution in [0.4, 0.5) is 0 Å². The minimum absolute atomic E-state index is 0.0127. The Bertz CT molecular complexity index is 1590. The van der Waals surface area contributed by atoms with Gasteiger partial charge in [0.25, 0.3) is 0 Å². The van der Waals surface area contributed by atoms with Crippen molar-refractivity contribution in [1.82, 2.24) is 9.21 Å². The first kappa shape index (κ1) is 29.3. The maximum atomic E-state index is 13.9. The van der Waals surface area contributed by atoms with Crippen LogP contribution < -0.4 is 9.47 Å². The number of nitrogens with zero attached hydrogens (tertiary/aromatic N) is 2. The average molecular weight is 579 g/mol. The third kappa shape index (κ3) is 6.55. The summed E-state index contributed by atoms with van der Waals surface area (Å²) in [4.78, 5) is 16.8. The Morgan fingerprint density at radius 1 is 1.00 bits per heavy atom. The first-order valence-corrected chi connectivity index (χ1v) is 15.2. The number of ether oxygens (including phenoxy) is 2. The summed E-state index contributed by atoms with van der Waals surface area (Å²) in [7, 11) is -0.815.